The fraction of sp³-hybridized carbons (Fsp3) is 0.273. The highest BCUT2D eigenvalue weighted by molar-refractivity contribution is 9.10. The summed E-state index contributed by atoms with van der Waals surface area (Å²) in [5.74, 6) is 2.03. The van der Waals surface area contributed by atoms with Gasteiger partial charge in [-0.3, -0.25) is 0 Å². The minimum Gasteiger partial charge on any atom is -0.493 e. The number of nitrogens with zero attached hydrogens (tertiary/aromatic N) is 2. The topological polar surface area (TPSA) is 83.4 Å². The van der Waals surface area contributed by atoms with Crippen LogP contribution in [0.1, 0.15) is 5.89 Å². The summed E-state index contributed by atoms with van der Waals surface area (Å²) in [6, 6.07) is 3.59. The van der Waals surface area contributed by atoms with Gasteiger partial charge in [-0.05, 0) is 28.1 Å². The van der Waals surface area contributed by atoms with Gasteiger partial charge < -0.3 is 19.7 Å². The van der Waals surface area contributed by atoms with Crippen molar-refractivity contribution in [3.63, 3.8) is 0 Å². The van der Waals surface area contributed by atoms with Gasteiger partial charge in [-0.1, -0.05) is 5.16 Å². The number of hydrogen-bond acceptors (Lipinski definition) is 6. The van der Waals surface area contributed by atoms with E-state index in [0.29, 0.717) is 27.7 Å². The normalized spacial score (nSPS) is 10.4. The monoisotopic (exact) mass is 313 g/mol. The van der Waals surface area contributed by atoms with Crippen molar-refractivity contribution in [1.29, 1.82) is 0 Å². The van der Waals surface area contributed by atoms with Gasteiger partial charge in [0.2, 0.25) is 11.7 Å². The van der Waals surface area contributed by atoms with E-state index in [-0.39, 0.29) is 6.54 Å². The lowest BCUT2D eigenvalue weighted by atomic mass is 10.2. The third-order valence-electron chi connectivity index (χ3n) is 2.37. The largest absolute Gasteiger partial charge is 0.493 e. The van der Waals surface area contributed by atoms with Gasteiger partial charge in [0.25, 0.3) is 0 Å². The molecule has 0 fully saturated rings. The van der Waals surface area contributed by atoms with Gasteiger partial charge in [-0.25, -0.2) is 0 Å². The number of methoxy groups -OCH3 is 2. The van der Waals surface area contributed by atoms with Crippen molar-refractivity contribution < 1.29 is 14.0 Å². The maximum atomic E-state index is 5.43. The van der Waals surface area contributed by atoms with Gasteiger partial charge in [0, 0.05) is 5.56 Å². The minimum atomic E-state index is 0.206. The summed E-state index contributed by atoms with van der Waals surface area (Å²) in [6.45, 7) is 0.206. The molecule has 2 N–H and O–H groups in total. The Labute approximate surface area is 112 Å². The zero-order chi connectivity index (χ0) is 13.1. The number of hydrogen-bond donors (Lipinski definition) is 1. The maximum absolute atomic E-state index is 5.43. The molecule has 0 atom stereocenters. The molecular weight excluding hydrogens is 302 g/mol. The van der Waals surface area contributed by atoms with Crippen molar-refractivity contribution in [3.8, 4) is 22.9 Å². The van der Waals surface area contributed by atoms with Crippen LogP contribution in [0, 0.1) is 0 Å². The Morgan fingerprint density at radius 1 is 1.33 bits per heavy atom. The van der Waals surface area contributed by atoms with Crippen molar-refractivity contribution in [2.75, 3.05) is 14.2 Å². The molecule has 0 saturated heterocycles. The highest BCUT2D eigenvalue weighted by Crippen LogP contribution is 2.40. The molecule has 1 aromatic heterocycles. The Bertz CT molecular complexity index is 556. The first kappa shape index (κ1) is 12.8. The molecule has 96 valence electrons. The second-order valence-electron chi connectivity index (χ2n) is 3.38. The van der Waals surface area contributed by atoms with Crippen molar-refractivity contribution in [2.24, 2.45) is 5.73 Å². The molecule has 0 aliphatic carbocycles. The second kappa shape index (κ2) is 5.36. The summed E-state index contributed by atoms with van der Waals surface area (Å²) in [4.78, 5) is 4.16. The molecule has 2 aromatic rings. The summed E-state index contributed by atoms with van der Waals surface area (Å²) in [6.07, 6.45) is 0. The Balaban J connectivity index is 2.51. The lowest BCUT2D eigenvalue weighted by Crippen LogP contribution is -1.96. The molecule has 0 aliphatic heterocycles. The maximum Gasteiger partial charge on any atom is 0.240 e. The molecule has 0 amide bonds. The summed E-state index contributed by atoms with van der Waals surface area (Å²) in [7, 11) is 3.14. The first-order chi connectivity index (χ1) is 8.71. The van der Waals surface area contributed by atoms with Crippen LogP contribution in [0.25, 0.3) is 11.4 Å². The van der Waals surface area contributed by atoms with Crippen molar-refractivity contribution in [3.05, 3.63) is 22.5 Å². The molecule has 1 heterocycles. The third kappa shape index (κ3) is 2.19. The molecule has 2 rings (SSSR count). The van der Waals surface area contributed by atoms with Gasteiger partial charge in [0.05, 0.1) is 25.2 Å². The second-order valence-corrected chi connectivity index (χ2v) is 4.17. The zero-order valence-electron chi connectivity index (χ0n) is 9.94. The lowest BCUT2D eigenvalue weighted by molar-refractivity contribution is 0.353. The fourth-order valence-electron chi connectivity index (χ4n) is 1.51. The lowest BCUT2D eigenvalue weighted by Gasteiger charge is -2.11. The van der Waals surface area contributed by atoms with Gasteiger partial charge in [-0.15, -0.1) is 0 Å². The number of ether oxygens (including phenoxy) is 2. The number of aromatic nitrogens is 2. The van der Waals surface area contributed by atoms with E-state index >= 15 is 0 Å². The Morgan fingerprint density at radius 3 is 2.67 bits per heavy atom. The predicted octanol–water partition coefficient (Wildman–Crippen LogP) is 1.97. The summed E-state index contributed by atoms with van der Waals surface area (Å²) in [5, 5.41) is 3.86. The molecule has 6 nitrogen and oxygen atoms in total. The molecule has 7 heteroatoms. The van der Waals surface area contributed by atoms with Crippen LogP contribution in [0.2, 0.25) is 0 Å². The zero-order valence-corrected chi connectivity index (χ0v) is 11.5. The van der Waals surface area contributed by atoms with Crippen LogP contribution >= 0.6 is 15.9 Å². The Morgan fingerprint density at radius 2 is 2.11 bits per heavy atom. The molecule has 1 aromatic carbocycles. The van der Waals surface area contributed by atoms with E-state index in [2.05, 4.69) is 26.1 Å². The van der Waals surface area contributed by atoms with Crippen LogP contribution in [0.4, 0.5) is 0 Å². The smallest absolute Gasteiger partial charge is 0.240 e. The van der Waals surface area contributed by atoms with E-state index in [4.69, 9.17) is 19.7 Å². The molecular formula is C11H12BrN3O3. The number of halogens is 1. The van der Waals surface area contributed by atoms with Crippen LogP contribution in [0.15, 0.2) is 21.1 Å². The molecule has 0 aliphatic rings. The standard InChI is InChI=1S/C11H12BrN3O3/c1-16-7-4-3-6(9(12)10(7)17-2)11-14-8(5-13)18-15-11/h3-4H,5,13H2,1-2H3. The van der Waals surface area contributed by atoms with E-state index < -0.39 is 0 Å². The fourth-order valence-corrected chi connectivity index (χ4v) is 2.18. The molecule has 0 saturated carbocycles. The number of benzene rings is 1. The average Bonchev–Trinajstić information content (AvgIpc) is 2.86. The summed E-state index contributed by atoms with van der Waals surface area (Å²) >= 11 is 3.44. The van der Waals surface area contributed by atoms with Crippen molar-refractivity contribution >= 4 is 15.9 Å². The van der Waals surface area contributed by atoms with Crippen LogP contribution in [-0.2, 0) is 6.54 Å². The van der Waals surface area contributed by atoms with E-state index in [1.165, 1.54) is 0 Å². The first-order valence-corrected chi connectivity index (χ1v) is 5.94. The van der Waals surface area contributed by atoms with Crippen molar-refractivity contribution in [2.45, 2.75) is 6.54 Å². The first-order valence-electron chi connectivity index (χ1n) is 5.14. The average molecular weight is 314 g/mol. The van der Waals surface area contributed by atoms with E-state index in [1.54, 1.807) is 20.3 Å². The highest BCUT2D eigenvalue weighted by Gasteiger charge is 2.17. The molecule has 0 spiro atoms. The predicted molar refractivity (Wildman–Crippen MR) is 68.4 cm³/mol. The van der Waals surface area contributed by atoms with E-state index in [1.807, 2.05) is 6.07 Å². The molecule has 0 unspecified atom stereocenters. The molecule has 0 radical (unpaired) electrons. The summed E-state index contributed by atoms with van der Waals surface area (Å²) < 4.78 is 16.2. The van der Waals surface area contributed by atoms with Crippen LogP contribution in [0.3, 0.4) is 0 Å². The van der Waals surface area contributed by atoms with Crippen molar-refractivity contribution in [1.82, 2.24) is 10.1 Å². The molecule has 0 bridgehead atoms. The van der Waals surface area contributed by atoms with Gasteiger partial charge >= 0.3 is 0 Å². The van der Waals surface area contributed by atoms with Gasteiger partial charge in [0.1, 0.15) is 0 Å². The van der Waals surface area contributed by atoms with Crippen LogP contribution in [-0.4, -0.2) is 24.4 Å². The van der Waals surface area contributed by atoms with Gasteiger partial charge in [0.15, 0.2) is 11.5 Å². The number of nitrogens with two attached hydrogens (primary N) is 1. The minimum absolute atomic E-state index is 0.206. The molecule has 18 heavy (non-hydrogen) atoms. The van der Waals surface area contributed by atoms with E-state index in [0.717, 1.165) is 5.56 Å². The Kier molecular flexibility index (Phi) is 3.83. The quantitative estimate of drug-likeness (QED) is 0.929. The van der Waals surface area contributed by atoms with Crippen LogP contribution in [0.5, 0.6) is 11.5 Å². The van der Waals surface area contributed by atoms with E-state index in [9.17, 15) is 0 Å². The highest BCUT2D eigenvalue weighted by atomic mass is 79.9. The number of rotatable bonds is 4. The van der Waals surface area contributed by atoms with Crippen LogP contribution < -0.4 is 15.2 Å². The third-order valence-corrected chi connectivity index (χ3v) is 3.16. The SMILES string of the molecule is COc1ccc(-c2noc(CN)n2)c(Br)c1OC. The Hall–Kier alpha value is -1.60. The summed E-state index contributed by atoms with van der Waals surface area (Å²) in [5.41, 5.74) is 6.17. The van der Waals surface area contributed by atoms with Gasteiger partial charge in [-0.2, -0.15) is 4.98 Å².